The summed E-state index contributed by atoms with van der Waals surface area (Å²) in [6.45, 7) is 0.675. The van der Waals surface area contributed by atoms with Gasteiger partial charge in [0.25, 0.3) is 0 Å². The number of hydrogen-bond donors (Lipinski definition) is 1. The lowest BCUT2D eigenvalue weighted by molar-refractivity contribution is -0.136. The lowest BCUT2D eigenvalue weighted by Crippen LogP contribution is -2.26. The van der Waals surface area contributed by atoms with Crippen LogP contribution in [0, 0.1) is 0 Å². The predicted molar refractivity (Wildman–Crippen MR) is 66.7 cm³/mol. The quantitative estimate of drug-likeness (QED) is 0.890. The summed E-state index contributed by atoms with van der Waals surface area (Å²) in [4.78, 5) is 10.6. The van der Waals surface area contributed by atoms with Crippen LogP contribution in [-0.2, 0) is 22.5 Å². The van der Waals surface area contributed by atoms with Crippen LogP contribution in [-0.4, -0.2) is 37.8 Å². The molecule has 1 aromatic heterocycles. The number of nitrogens with zero attached hydrogens (tertiary/aromatic N) is 3. The highest BCUT2D eigenvalue weighted by molar-refractivity contribution is 5.69. The third kappa shape index (κ3) is 2.78. The van der Waals surface area contributed by atoms with Gasteiger partial charge in [-0.15, -0.1) is 5.10 Å². The minimum Gasteiger partial charge on any atom is -0.481 e. The monoisotopic (exact) mass is 265 g/mol. The first-order valence-corrected chi connectivity index (χ1v) is 6.94. The molecule has 0 aromatic carbocycles. The van der Waals surface area contributed by atoms with Crippen molar-refractivity contribution < 1.29 is 14.6 Å². The van der Waals surface area contributed by atoms with E-state index in [1.165, 1.54) is 25.7 Å². The molecule has 1 N–H and O–H groups in total. The average Bonchev–Trinajstić information content (AvgIpc) is 3.04. The Balaban J connectivity index is 1.57. The molecule has 1 aliphatic heterocycles. The Morgan fingerprint density at radius 1 is 1.47 bits per heavy atom. The molecule has 0 amide bonds. The van der Waals surface area contributed by atoms with Gasteiger partial charge in [0.15, 0.2) is 0 Å². The molecule has 2 fully saturated rings. The molecule has 0 radical (unpaired) electrons. The van der Waals surface area contributed by atoms with Gasteiger partial charge in [-0.3, -0.25) is 4.79 Å². The van der Waals surface area contributed by atoms with Crippen LogP contribution in [0.5, 0.6) is 0 Å². The second-order valence-electron chi connectivity index (χ2n) is 5.67. The fourth-order valence-electron chi connectivity index (χ4n) is 3.28. The molecule has 2 heterocycles. The molecule has 1 unspecified atom stereocenters. The molecule has 3 rings (SSSR count). The molecule has 1 atom stereocenters. The molecule has 1 saturated carbocycles. The molecule has 1 saturated heterocycles. The lowest BCUT2D eigenvalue weighted by atomic mass is 9.98. The Morgan fingerprint density at radius 2 is 2.26 bits per heavy atom. The number of ether oxygens (including phenoxy) is 1. The van der Waals surface area contributed by atoms with Crippen molar-refractivity contribution in [3.63, 3.8) is 0 Å². The van der Waals surface area contributed by atoms with Crippen molar-refractivity contribution in [3.05, 3.63) is 11.9 Å². The van der Waals surface area contributed by atoms with Crippen molar-refractivity contribution in [2.45, 2.75) is 63.2 Å². The maximum atomic E-state index is 10.6. The first-order chi connectivity index (χ1) is 9.15. The Hall–Kier alpha value is -1.43. The molecule has 19 heavy (non-hydrogen) atoms. The van der Waals surface area contributed by atoms with E-state index in [1.807, 2.05) is 0 Å². The summed E-state index contributed by atoms with van der Waals surface area (Å²) in [6, 6.07) is 0. The Labute approximate surface area is 111 Å². The third-order valence-corrected chi connectivity index (χ3v) is 4.16. The van der Waals surface area contributed by atoms with E-state index in [-0.39, 0.29) is 18.1 Å². The summed E-state index contributed by atoms with van der Waals surface area (Å²) in [5.41, 5.74) is 0.635. The summed E-state index contributed by atoms with van der Waals surface area (Å²) in [6.07, 6.45) is 8.96. The van der Waals surface area contributed by atoms with Gasteiger partial charge in [-0.1, -0.05) is 18.1 Å². The van der Waals surface area contributed by atoms with Gasteiger partial charge in [-0.05, 0) is 25.7 Å². The molecule has 1 spiro atoms. The van der Waals surface area contributed by atoms with Crippen molar-refractivity contribution in [1.82, 2.24) is 15.0 Å². The maximum Gasteiger partial charge on any atom is 0.309 e. The van der Waals surface area contributed by atoms with Crippen LogP contribution in [0.4, 0.5) is 0 Å². The van der Waals surface area contributed by atoms with Crippen LogP contribution in [0.15, 0.2) is 6.20 Å². The Kier molecular flexibility index (Phi) is 3.26. The smallest absolute Gasteiger partial charge is 0.309 e. The largest absolute Gasteiger partial charge is 0.481 e. The number of rotatable bonds is 4. The van der Waals surface area contributed by atoms with Crippen LogP contribution < -0.4 is 0 Å². The number of carboxylic acid groups (broad SMARTS) is 1. The van der Waals surface area contributed by atoms with Gasteiger partial charge in [0.2, 0.25) is 0 Å². The van der Waals surface area contributed by atoms with Crippen molar-refractivity contribution in [1.29, 1.82) is 0 Å². The van der Waals surface area contributed by atoms with E-state index in [1.54, 1.807) is 10.9 Å². The molecule has 1 aliphatic carbocycles. The molecule has 6 heteroatoms. The van der Waals surface area contributed by atoms with Crippen molar-refractivity contribution in [3.8, 4) is 0 Å². The second kappa shape index (κ2) is 4.92. The van der Waals surface area contributed by atoms with Crippen LogP contribution >= 0.6 is 0 Å². The number of aromatic nitrogens is 3. The topological polar surface area (TPSA) is 77.2 Å². The van der Waals surface area contributed by atoms with Crippen LogP contribution in [0.2, 0.25) is 0 Å². The standard InChI is InChI=1S/C13H19N3O3/c17-12(18)7-10-8-16(15-14-10)9-11-3-6-13(19-11)4-1-2-5-13/h8,11H,1-7,9H2,(H,17,18). The molecule has 1 aromatic rings. The van der Waals surface area contributed by atoms with Crippen molar-refractivity contribution in [2.24, 2.45) is 0 Å². The summed E-state index contributed by atoms with van der Waals surface area (Å²) in [5, 5.41) is 16.5. The number of hydrogen-bond acceptors (Lipinski definition) is 4. The highest BCUT2D eigenvalue weighted by Crippen LogP contribution is 2.43. The van der Waals surface area contributed by atoms with E-state index in [2.05, 4.69) is 10.3 Å². The van der Waals surface area contributed by atoms with E-state index in [4.69, 9.17) is 9.84 Å². The maximum absolute atomic E-state index is 10.6. The van der Waals surface area contributed by atoms with E-state index in [9.17, 15) is 4.79 Å². The summed E-state index contributed by atoms with van der Waals surface area (Å²) < 4.78 is 7.90. The summed E-state index contributed by atoms with van der Waals surface area (Å²) >= 11 is 0. The SMILES string of the molecule is O=C(O)Cc1cn(CC2CCC3(CCCC3)O2)nn1. The first kappa shape index (κ1) is 12.6. The molecule has 0 bridgehead atoms. The zero-order valence-electron chi connectivity index (χ0n) is 10.9. The van der Waals surface area contributed by atoms with E-state index < -0.39 is 5.97 Å². The van der Waals surface area contributed by atoms with Crippen molar-refractivity contribution >= 4 is 5.97 Å². The lowest BCUT2D eigenvalue weighted by Gasteiger charge is -2.23. The number of aliphatic carboxylic acids is 1. The van der Waals surface area contributed by atoms with Gasteiger partial charge in [0.1, 0.15) is 0 Å². The van der Waals surface area contributed by atoms with E-state index >= 15 is 0 Å². The normalized spacial score (nSPS) is 25.2. The Bertz CT molecular complexity index is 465. The van der Waals surface area contributed by atoms with Gasteiger partial charge >= 0.3 is 5.97 Å². The van der Waals surface area contributed by atoms with E-state index in [0.717, 1.165) is 12.8 Å². The van der Waals surface area contributed by atoms with Crippen LogP contribution in [0.3, 0.4) is 0 Å². The van der Waals surface area contributed by atoms with Crippen LogP contribution in [0.25, 0.3) is 0 Å². The third-order valence-electron chi connectivity index (χ3n) is 4.16. The molecule has 6 nitrogen and oxygen atoms in total. The minimum absolute atomic E-state index is 0.0739. The summed E-state index contributed by atoms with van der Waals surface area (Å²) in [5.74, 6) is -0.880. The number of carbonyl (C=O) groups is 1. The van der Waals surface area contributed by atoms with Crippen molar-refractivity contribution in [2.75, 3.05) is 0 Å². The highest BCUT2D eigenvalue weighted by Gasteiger charge is 2.42. The van der Waals surface area contributed by atoms with Gasteiger partial charge < -0.3 is 9.84 Å². The fraction of sp³-hybridized carbons (Fsp3) is 0.769. The average molecular weight is 265 g/mol. The second-order valence-corrected chi connectivity index (χ2v) is 5.67. The Morgan fingerprint density at radius 3 is 3.00 bits per heavy atom. The van der Waals surface area contributed by atoms with Gasteiger partial charge in [-0.25, -0.2) is 4.68 Å². The number of carboxylic acids is 1. The highest BCUT2D eigenvalue weighted by atomic mass is 16.5. The van der Waals surface area contributed by atoms with Gasteiger partial charge in [-0.2, -0.15) is 0 Å². The fourth-order valence-corrected chi connectivity index (χ4v) is 3.28. The van der Waals surface area contributed by atoms with Gasteiger partial charge in [0, 0.05) is 6.20 Å². The molecular formula is C13H19N3O3. The van der Waals surface area contributed by atoms with Gasteiger partial charge in [0.05, 0.1) is 30.4 Å². The molecular weight excluding hydrogens is 246 g/mol. The molecule has 2 aliphatic rings. The minimum atomic E-state index is -0.880. The molecule has 104 valence electrons. The first-order valence-electron chi connectivity index (χ1n) is 6.94. The zero-order valence-corrected chi connectivity index (χ0v) is 10.9. The zero-order chi connectivity index (χ0) is 13.3. The van der Waals surface area contributed by atoms with Crippen LogP contribution in [0.1, 0.15) is 44.2 Å². The predicted octanol–water partition coefficient (Wildman–Crippen LogP) is 1.40. The summed E-state index contributed by atoms with van der Waals surface area (Å²) in [7, 11) is 0. The van der Waals surface area contributed by atoms with E-state index in [0.29, 0.717) is 12.2 Å².